The molecule has 0 aromatic heterocycles. The Kier molecular flexibility index (Phi) is 3.19. The van der Waals surface area contributed by atoms with Gasteiger partial charge in [0, 0.05) is 11.1 Å². The lowest BCUT2D eigenvalue weighted by Gasteiger charge is -2.29. The molecule has 5 heteroatoms. The number of carbonyl (C=O) groups excluding carboxylic acids is 2. The van der Waals surface area contributed by atoms with Crippen LogP contribution in [0.25, 0.3) is 5.76 Å². The van der Waals surface area contributed by atoms with Crippen LogP contribution in [0.1, 0.15) is 12.5 Å². The number of halogens is 1. The van der Waals surface area contributed by atoms with Crippen molar-refractivity contribution in [1.82, 2.24) is 0 Å². The van der Waals surface area contributed by atoms with Crippen LogP contribution in [0, 0.1) is 0 Å². The summed E-state index contributed by atoms with van der Waals surface area (Å²) in [4.78, 5) is 24.3. The highest BCUT2D eigenvalue weighted by atomic mass is 79.9. The molecule has 3 rings (SSSR count). The number of allylic oxidation sites excluding steroid dienone is 2. The molecule has 1 aliphatic heterocycles. The van der Waals surface area contributed by atoms with Gasteiger partial charge in [-0.1, -0.05) is 30.3 Å². The van der Waals surface area contributed by atoms with Crippen molar-refractivity contribution in [3.05, 3.63) is 63.9 Å². The molecule has 0 saturated heterocycles. The van der Waals surface area contributed by atoms with E-state index in [9.17, 15) is 14.7 Å². The van der Waals surface area contributed by atoms with Gasteiger partial charge < -0.3 is 9.84 Å². The minimum absolute atomic E-state index is 0.176. The average molecular weight is 347 g/mol. The number of Topliss-reactive ketones (excluding diaryl/α,β-unsaturated/α-hetero) is 2. The Balaban J connectivity index is 2.13. The molecular formula is C16H11BrO4. The summed E-state index contributed by atoms with van der Waals surface area (Å²) >= 11 is 3.18. The van der Waals surface area contributed by atoms with E-state index in [0.29, 0.717) is 11.3 Å². The van der Waals surface area contributed by atoms with Gasteiger partial charge in [-0.2, -0.15) is 0 Å². The average Bonchev–Trinajstić information content (AvgIpc) is 2.52. The van der Waals surface area contributed by atoms with Gasteiger partial charge >= 0.3 is 0 Å². The molecule has 1 aliphatic carbocycles. The van der Waals surface area contributed by atoms with Gasteiger partial charge in [0.25, 0.3) is 0 Å². The highest BCUT2D eigenvalue weighted by Crippen LogP contribution is 2.39. The summed E-state index contributed by atoms with van der Waals surface area (Å²) in [5.41, 5.74) is -0.610. The first-order chi connectivity index (χ1) is 9.93. The lowest BCUT2D eigenvalue weighted by atomic mass is 9.80. The number of benzene rings is 1. The Bertz CT molecular complexity index is 739. The second kappa shape index (κ2) is 4.79. The Morgan fingerprint density at radius 3 is 2.48 bits per heavy atom. The molecule has 0 fully saturated rings. The zero-order valence-electron chi connectivity index (χ0n) is 11.1. The fraction of sp³-hybridized carbons (Fsp3) is 0.125. The lowest BCUT2D eigenvalue weighted by Crippen LogP contribution is -2.48. The first-order valence-corrected chi connectivity index (χ1v) is 7.08. The van der Waals surface area contributed by atoms with Crippen molar-refractivity contribution in [2.75, 3.05) is 0 Å². The molecule has 1 atom stereocenters. The number of hydrogen-bond donors (Lipinski definition) is 1. The van der Waals surface area contributed by atoms with Gasteiger partial charge in [0.1, 0.15) is 12.0 Å². The van der Waals surface area contributed by atoms with Gasteiger partial charge in [-0.15, -0.1) is 0 Å². The van der Waals surface area contributed by atoms with Gasteiger partial charge in [-0.3, -0.25) is 9.59 Å². The van der Waals surface area contributed by atoms with Crippen molar-refractivity contribution in [3.8, 4) is 0 Å². The molecular weight excluding hydrogens is 336 g/mol. The topological polar surface area (TPSA) is 63.6 Å². The van der Waals surface area contributed by atoms with E-state index in [-0.39, 0.29) is 10.1 Å². The second-order valence-corrected chi connectivity index (χ2v) is 5.78. The molecule has 0 amide bonds. The third-order valence-electron chi connectivity index (χ3n) is 3.49. The quantitative estimate of drug-likeness (QED) is 0.793. The maximum atomic E-state index is 12.2. The summed E-state index contributed by atoms with van der Waals surface area (Å²) < 4.78 is 5.66. The van der Waals surface area contributed by atoms with E-state index in [1.54, 1.807) is 6.08 Å². The summed E-state index contributed by atoms with van der Waals surface area (Å²) in [6.45, 7) is 1.19. The van der Waals surface area contributed by atoms with Gasteiger partial charge in [0.05, 0.1) is 10.1 Å². The first kappa shape index (κ1) is 14.0. The Labute approximate surface area is 129 Å². The van der Waals surface area contributed by atoms with Crippen LogP contribution >= 0.6 is 15.9 Å². The molecule has 0 saturated carbocycles. The summed E-state index contributed by atoms with van der Waals surface area (Å²) in [6, 6.07) is 9.34. The van der Waals surface area contributed by atoms with E-state index in [1.165, 1.54) is 13.2 Å². The number of hydrogen-bond acceptors (Lipinski definition) is 4. The first-order valence-electron chi connectivity index (χ1n) is 6.29. The number of fused-ring (bicyclic) bond motifs is 1. The smallest absolute Gasteiger partial charge is 0.209 e. The van der Waals surface area contributed by atoms with Crippen LogP contribution in [0.5, 0.6) is 0 Å². The largest absolute Gasteiger partial charge is 0.464 e. The van der Waals surface area contributed by atoms with Crippen molar-refractivity contribution in [2.24, 2.45) is 0 Å². The molecule has 0 bridgehead atoms. The van der Waals surface area contributed by atoms with Gasteiger partial charge in [0.2, 0.25) is 11.6 Å². The predicted octanol–water partition coefficient (Wildman–Crippen LogP) is 2.49. The van der Waals surface area contributed by atoms with Crippen molar-refractivity contribution >= 4 is 33.3 Å². The van der Waals surface area contributed by atoms with E-state index < -0.39 is 17.2 Å². The predicted molar refractivity (Wildman–Crippen MR) is 80.2 cm³/mol. The van der Waals surface area contributed by atoms with E-state index in [4.69, 9.17) is 4.74 Å². The summed E-state index contributed by atoms with van der Waals surface area (Å²) in [5, 5.41) is 10.0. The minimum Gasteiger partial charge on any atom is -0.464 e. The molecule has 106 valence electrons. The monoisotopic (exact) mass is 346 g/mol. The van der Waals surface area contributed by atoms with Crippen LogP contribution in [-0.4, -0.2) is 22.3 Å². The maximum Gasteiger partial charge on any atom is 0.209 e. The third-order valence-corrected chi connectivity index (χ3v) is 4.28. The van der Waals surface area contributed by atoms with E-state index in [0.717, 1.165) is 5.56 Å². The fourth-order valence-electron chi connectivity index (χ4n) is 2.24. The summed E-state index contributed by atoms with van der Waals surface area (Å²) in [7, 11) is 0. The Morgan fingerprint density at radius 1 is 1.14 bits per heavy atom. The van der Waals surface area contributed by atoms with E-state index in [1.807, 2.05) is 30.3 Å². The molecule has 1 heterocycles. The van der Waals surface area contributed by atoms with Gasteiger partial charge in [-0.05, 0) is 28.9 Å². The van der Waals surface area contributed by atoms with Crippen molar-refractivity contribution in [1.29, 1.82) is 0 Å². The van der Waals surface area contributed by atoms with Crippen molar-refractivity contribution < 1.29 is 19.4 Å². The number of carbonyl (C=O) groups is 2. The fourth-order valence-corrected chi connectivity index (χ4v) is 2.96. The Hall–Kier alpha value is -1.98. The second-order valence-electron chi connectivity index (χ2n) is 4.98. The van der Waals surface area contributed by atoms with Crippen LogP contribution in [0.2, 0.25) is 0 Å². The van der Waals surface area contributed by atoms with Gasteiger partial charge in [-0.25, -0.2) is 0 Å². The van der Waals surface area contributed by atoms with Crippen LogP contribution in [0.4, 0.5) is 0 Å². The van der Waals surface area contributed by atoms with Crippen LogP contribution in [-0.2, 0) is 14.3 Å². The molecule has 21 heavy (non-hydrogen) atoms. The van der Waals surface area contributed by atoms with E-state index in [2.05, 4.69) is 15.9 Å². The standard InChI is InChI=1S/C16H11BrO4/c1-16(20)14(18)11-8-21-12(9-5-3-2-4-6-9)7-10(11)13(17)15(16)19/h2-8,20H,1H3. The molecule has 0 radical (unpaired) electrons. The highest BCUT2D eigenvalue weighted by molar-refractivity contribution is 9.12. The number of rotatable bonds is 1. The molecule has 0 spiro atoms. The molecule has 1 unspecified atom stereocenters. The van der Waals surface area contributed by atoms with Crippen molar-refractivity contribution in [3.63, 3.8) is 0 Å². The van der Waals surface area contributed by atoms with Crippen LogP contribution < -0.4 is 0 Å². The normalized spacial score (nSPS) is 25.1. The van der Waals surface area contributed by atoms with Gasteiger partial charge in [0.15, 0.2) is 5.60 Å². The van der Waals surface area contributed by atoms with Crippen LogP contribution in [0.3, 0.4) is 0 Å². The number of ether oxygens (including phenoxy) is 1. The molecule has 1 N–H and O–H groups in total. The number of aliphatic hydroxyl groups is 1. The molecule has 1 aromatic rings. The molecule has 4 nitrogen and oxygen atoms in total. The summed E-state index contributed by atoms with van der Waals surface area (Å²) in [6.07, 6.45) is 2.90. The minimum atomic E-state index is -2.06. The highest BCUT2D eigenvalue weighted by Gasteiger charge is 2.47. The molecule has 2 aliphatic rings. The number of ketones is 2. The maximum absolute atomic E-state index is 12.2. The lowest BCUT2D eigenvalue weighted by molar-refractivity contribution is -0.144. The van der Waals surface area contributed by atoms with E-state index >= 15 is 0 Å². The zero-order chi connectivity index (χ0) is 15.2. The SMILES string of the molecule is CC1(O)C(=O)C2=COC(c3ccccc3)=CC2=C(Br)C1=O. The Morgan fingerprint density at radius 2 is 1.81 bits per heavy atom. The summed E-state index contributed by atoms with van der Waals surface area (Å²) in [5.74, 6) is -0.771. The third kappa shape index (κ3) is 2.09. The van der Waals surface area contributed by atoms with Crippen LogP contribution in [0.15, 0.2) is 58.3 Å². The van der Waals surface area contributed by atoms with Crippen molar-refractivity contribution in [2.45, 2.75) is 12.5 Å². The zero-order valence-corrected chi connectivity index (χ0v) is 12.7. The molecule has 1 aromatic carbocycles.